The van der Waals surface area contributed by atoms with E-state index in [4.69, 9.17) is 4.74 Å². The van der Waals surface area contributed by atoms with Crippen molar-refractivity contribution in [1.82, 2.24) is 9.88 Å². The highest BCUT2D eigenvalue weighted by Gasteiger charge is 2.62. The number of likely N-dealkylation sites (tertiary alicyclic amines) is 1. The van der Waals surface area contributed by atoms with Crippen molar-refractivity contribution in [2.75, 3.05) is 19.7 Å². The summed E-state index contributed by atoms with van der Waals surface area (Å²) in [4.78, 5) is 18.7. The Morgan fingerprint density at radius 2 is 1.96 bits per heavy atom. The van der Waals surface area contributed by atoms with Gasteiger partial charge in [0, 0.05) is 29.9 Å². The van der Waals surface area contributed by atoms with Crippen LogP contribution in [0.4, 0.5) is 0 Å². The van der Waals surface area contributed by atoms with E-state index in [2.05, 4.69) is 34.1 Å². The van der Waals surface area contributed by atoms with Crippen molar-refractivity contribution in [1.29, 1.82) is 0 Å². The number of nitrogens with zero attached hydrogens (tertiary/aromatic N) is 1. The van der Waals surface area contributed by atoms with Gasteiger partial charge < -0.3 is 14.6 Å². The van der Waals surface area contributed by atoms with Crippen LogP contribution in [0, 0.1) is 11.3 Å². The fraction of sp³-hybridized carbons (Fsp3) is 0.591. The Labute approximate surface area is 153 Å². The molecule has 2 saturated carbocycles. The number of para-hydroxylation sites is 1. The van der Waals surface area contributed by atoms with Gasteiger partial charge in [0.1, 0.15) is 5.60 Å². The van der Waals surface area contributed by atoms with Gasteiger partial charge in [-0.3, -0.25) is 4.79 Å². The molecule has 2 aliphatic carbocycles. The standard InChI is InChI=1S/C22H26N2O2/c25-20(17-14-21(17)7-3-8-21)24-11-9-22(10-12-24)19-16(6-13-26-22)15-4-1-2-5-18(15)23-19/h1-2,4-5,17,23H,3,6-14H2. The number of carbonyl (C=O) groups excluding carboxylic acids is 1. The fourth-order valence-corrected chi connectivity index (χ4v) is 5.85. The molecule has 26 heavy (non-hydrogen) atoms. The van der Waals surface area contributed by atoms with Gasteiger partial charge in [-0.05, 0) is 55.6 Å². The molecule has 0 radical (unpaired) electrons. The summed E-state index contributed by atoms with van der Waals surface area (Å²) in [5.41, 5.74) is 4.13. The largest absolute Gasteiger partial charge is 0.368 e. The molecule has 1 saturated heterocycles. The molecule has 1 unspecified atom stereocenters. The smallest absolute Gasteiger partial charge is 0.226 e. The highest BCUT2D eigenvalue weighted by atomic mass is 16.5. The third-order valence-electron chi connectivity index (χ3n) is 7.72. The number of nitrogens with one attached hydrogen (secondary N) is 1. The van der Waals surface area contributed by atoms with Crippen LogP contribution in [0.3, 0.4) is 0 Å². The Hall–Kier alpha value is -1.81. The van der Waals surface area contributed by atoms with Crippen molar-refractivity contribution in [3.8, 4) is 0 Å². The van der Waals surface area contributed by atoms with Gasteiger partial charge in [-0.15, -0.1) is 0 Å². The minimum Gasteiger partial charge on any atom is -0.368 e. The van der Waals surface area contributed by atoms with E-state index in [9.17, 15) is 4.79 Å². The topological polar surface area (TPSA) is 45.3 Å². The molecule has 136 valence electrons. The molecule has 1 atom stereocenters. The number of hydrogen-bond acceptors (Lipinski definition) is 2. The molecular weight excluding hydrogens is 324 g/mol. The quantitative estimate of drug-likeness (QED) is 0.851. The predicted molar refractivity (Wildman–Crippen MR) is 99.8 cm³/mol. The Balaban J connectivity index is 1.25. The van der Waals surface area contributed by atoms with Gasteiger partial charge in [0.05, 0.1) is 12.3 Å². The van der Waals surface area contributed by atoms with Crippen LogP contribution in [0.15, 0.2) is 24.3 Å². The Kier molecular flexibility index (Phi) is 3.01. The molecule has 4 heteroatoms. The molecule has 2 spiro atoms. The summed E-state index contributed by atoms with van der Waals surface area (Å²) in [6.07, 6.45) is 7.84. The molecule has 2 aromatic rings. The number of piperidine rings is 1. The zero-order valence-corrected chi connectivity index (χ0v) is 15.2. The average molecular weight is 350 g/mol. The van der Waals surface area contributed by atoms with E-state index in [1.54, 1.807) is 0 Å². The minimum absolute atomic E-state index is 0.221. The van der Waals surface area contributed by atoms with Crippen molar-refractivity contribution in [2.45, 2.75) is 50.5 Å². The van der Waals surface area contributed by atoms with Crippen LogP contribution in [-0.4, -0.2) is 35.5 Å². The predicted octanol–water partition coefficient (Wildman–Crippen LogP) is 3.75. The van der Waals surface area contributed by atoms with Gasteiger partial charge in [-0.2, -0.15) is 0 Å². The zero-order chi connectivity index (χ0) is 17.4. The first kappa shape index (κ1) is 15.3. The first-order valence-electron chi connectivity index (χ1n) is 10.2. The molecule has 1 aromatic carbocycles. The number of H-pyrrole nitrogens is 1. The van der Waals surface area contributed by atoms with E-state index in [-0.39, 0.29) is 5.60 Å². The summed E-state index contributed by atoms with van der Waals surface area (Å²) in [5.74, 6) is 0.758. The van der Waals surface area contributed by atoms with E-state index in [0.29, 0.717) is 17.2 Å². The second kappa shape index (κ2) is 5.13. The Bertz CT molecular complexity index is 887. The van der Waals surface area contributed by atoms with Crippen LogP contribution in [-0.2, 0) is 21.6 Å². The SMILES string of the molecule is O=C(C1CC12CCC2)N1CCC2(CC1)OCCc1c2[nH]c2ccccc12. The summed E-state index contributed by atoms with van der Waals surface area (Å²) in [5, 5.41) is 1.34. The number of aromatic amines is 1. The van der Waals surface area contributed by atoms with E-state index in [1.807, 2.05) is 0 Å². The number of hydrogen-bond donors (Lipinski definition) is 1. The summed E-state index contributed by atoms with van der Waals surface area (Å²) in [6.45, 7) is 2.45. The molecule has 1 aromatic heterocycles. The third-order valence-corrected chi connectivity index (χ3v) is 7.72. The van der Waals surface area contributed by atoms with E-state index in [0.717, 1.165) is 45.4 Å². The van der Waals surface area contributed by atoms with Gasteiger partial charge in [-0.1, -0.05) is 24.6 Å². The Morgan fingerprint density at radius 1 is 1.15 bits per heavy atom. The lowest BCUT2D eigenvalue weighted by molar-refractivity contribution is -0.143. The molecule has 3 fully saturated rings. The number of aromatic nitrogens is 1. The van der Waals surface area contributed by atoms with Gasteiger partial charge in [0.15, 0.2) is 0 Å². The number of rotatable bonds is 1. The van der Waals surface area contributed by atoms with Crippen molar-refractivity contribution in [3.63, 3.8) is 0 Å². The number of ether oxygens (including phenoxy) is 1. The summed E-state index contributed by atoms with van der Waals surface area (Å²) in [6, 6.07) is 8.58. The maximum atomic E-state index is 12.9. The highest BCUT2D eigenvalue weighted by Crippen LogP contribution is 2.66. The van der Waals surface area contributed by atoms with E-state index in [1.165, 1.54) is 41.4 Å². The molecule has 1 N–H and O–H groups in total. The van der Waals surface area contributed by atoms with Crippen LogP contribution in [0.2, 0.25) is 0 Å². The van der Waals surface area contributed by atoms with Gasteiger partial charge in [0.25, 0.3) is 0 Å². The van der Waals surface area contributed by atoms with Gasteiger partial charge in [0.2, 0.25) is 5.91 Å². The van der Waals surface area contributed by atoms with Crippen LogP contribution in [0.5, 0.6) is 0 Å². The normalized spacial score (nSPS) is 28.2. The van der Waals surface area contributed by atoms with Crippen LogP contribution >= 0.6 is 0 Å². The number of amides is 1. The second-order valence-electron chi connectivity index (χ2n) is 8.91. The van der Waals surface area contributed by atoms with Crippen molar-refractivity contribution in [3.05, 3.63) is 35.5 Å². The van der Waals surface area contributed by atoms with Crippen LogP contribution in [0.25, 0.3) is 10.9 Å². The number of benzene rings is 1. The molecule has 4 nitrogen and oxygen atoms in total. The minimum atomic E-state index is -0.221. The number of fused-ring (bicyclic) bond motifs is 4. The van der Waals surface area contributed by atoms with Crippen molar-refractivity contribution in [2.24, 2.45) is 11.3 Å². The van der Waals surface area contributed by atoms with Gasteiger partial charge >= 0.3 is 0 Å². The first-order chi connectivity index (χ1) is 12.7. The maximum absolute atomic E-state index is 12.9. The summed E-state index contributed by atoms with van der Waals surface area (Å²) in [7, 11) is 0. The van der Waals surface area contributed by atoms with Crippen molar-refractivity contribution >= 4 is 16.8 Å². The average Bonchev–Trinajstić information content (AvgIpc) is 3.31. The molecule has 3 heterocycles. The van der Waals surface area contributed by atoms with Crippen molar-refractivity contribution < 1.29 is 9.53 Å². The molecule has 6 rings (SSSR count). The monoisotopic (exact) mass is 350 g/mol. The maximum Gasteiger partial charge on any atom is 0.226 e. The van der Waals surface area contributed by atoms with E-state index < -0.39 is 0 Å². The summed E-state index contributed by atoms with van der Waals surface area (Å²) >= 11 is 0. The Morgan fingerprint density at radius 3 is 2.69 bits per heavy atom. The second-order valence-corrected chi connectivity index (χ2v) is 8.91. The lowest BCUT2D eigenvalue weighted by atomic mass is 9.79. The van der Waals surface area contributed by atoms with Crippen LogP contribution in [0.1, 0.15) is 49.8 Å². The van der Waals surface area contributed by atoms with E-state index >= 15 is 0 Å². The molecule has 1 amide bonds. The summed E-state index contributed by atoms with van der Waals surface area (Å²) < 4.78 is 6.37. The van der Waals surface area contributed by atoms with Crippen LogP contribution < -0.4 is 0 Å². The molecule has 2 aliphatic heterocycles. The highest BCUT2D eigenvalue weighted by molar-refractivity contribution is 5.85. The zero-order valence-electron chi connectivity index (χ0n) is 15.2. The lowest BCUT2D eigenvalue weighted by Gasteiger charge is -2.44. The first-order valence-corrected chi connectivity index (χ1v) is 10.2. The molecule has 4 aliphatic rings. The fourth-order valence-electron chi connectivity index (χ4n) is 5.85. The molecular formula is C22H26N2O2. The van der Waals surface area contributed by atoms with Gasteiger partial charge in [-0.25, -0.2) is 0 Å². The third kappa shape index (κ3) is 1.97. The molecule has 0 bridgehead atoms. The lowest BCUT2D eigenvalue weighted by Crippen LogP contribution is -2.49. The number of carbonyl (C=O) groups is 1.